The minimum Gasteiger partial charge on any atom is -0.497 e. The minimum atomic E-state index is -1.07. The van der Waals surface area contributed by atoms with E-state index in [1.807, 2.05) is 73.8 Å². The Kier molecular flexibility index (Phi) is 7.15. The van der Waals surface area contributed by atoms with Crippen LogP contribution in [0.4, 0.5) is 5.69 Å². The van der Waals surface area contributed by atoms with Crippen molar-refractivity contribution in [1.82, 2.24) is 15.0 Å². The molecule has 0 radical (unpaired) electrons. The lowest BCUT2D eigenvalue weighted by atomic mass is 9.63. The molecule has 0 bridgehead atoms. The maximum atomic E-state index is 14.1. The number of hydrogen-bond acceptors (Lipinski definition) is 6. The van der Waals surface area contributed by atoms with E-state index in [9.17, 15) is 9.90 Å². The first-order valence-corrected chi connectivity index (χ1v) is 14.5. The first kappa shape index (κ1) is 28.1. The van der Waals surface area contributed by atoms with Crippen molar-refractivity contribution in [2.75, 3.05) is 19.1 Å². The number of aryl methyl sites for hydroxylation is 1. The van der Waals surface area contributed by atoms with Crippen molar-refractivity contribution >= 4 is 11.6 Å². The molecule has 1 fully saturated rings. The Bertz CT molecular complexity index is 1570. The fourth-order valence-electron chi connectivity index (χ4n) is 7.26. The standard InChI is InChI=1S/C34H38N4O4/c1-22-30(33(2,3)24-15-17-25(41-5)18-16-24)29(42-34(22)26-13-9-10-14-28(26)37(4)32(34)40)19-20-38-21-27(35-36-38)31(39)23-11-7-6-8-12-23/h6-18,21-22,29-31,39H,19-20H2,1-5H3/t22-,29+,30-,31-,34+/m1/s1. The van der Waals surface area contributed by atoms with Crippen LogP contribution in [-0.2, 0) is 27.1 Å². The number of carbonyl (C=O) groups is 1. The van der Waals surface area contributed by atoms with Crippen LogP contribution in [0.1, 0.15) is 55.7 Å². The fourth-order valence-corrected chi connectivity index (χ4v) is 7.26. The second-order valence-electron chi connectivity index (χ2n) is 12.0. The first-order chi connectivity index (χ1) is 20.2. The number of nitrogens with zero attached hydrogens (tertiary/aromatic N) is 4. The number of aliphatic hydroxyl groups is 1. The molecule has 1 aromatic heterocycles. The molecule has 8 heteroatoms. The lowest BCUT2D eigenvalue weighted by Gasteiger charge is -2.38. The molecule has 2 aliphatic rings. The lowest BCUT2D eigenvalue weighted by molar-refractivity contribution is -0.145. The second kappa shape index (κ2) is 10.7. The molecule has 3 heterocycles. The molecule has 5 atom stereocenters. The summed E-state index contributed by atoms with van der Waals surface area (Å²) in [5, 5.41) is 19.4. The summed E-state index contributed by atoms with van der Waals surface area (Å²) in [7, 11) is 3.50. The van der Waals surface area contributed by atoms with Crippen LogP contribution >= 0.6 is 0 Å². The number of carbonyl (C=O) groups excluding carboxylic acids is 1. The van der Waals surface area contributed by atoms with E-state index in [1.165, 1.54) is 0 Å². The molecule has 1 amide bonds. The molecule has 42 heavy (non-hydrogen) atoms. The van der Waals surface area contributed by atoms with Gasteiger partial charge in [-0.1, -0.05) is 86.6 Å². The van der Waals surface area contributed by atoms with E-state index in [2.05, 4.69) is 43.2 Å². The van der Waals surface area contributed by atoms with Crippen molar-refractivity contribution in [3.63, 3.8) is 0 Å². The Labute approximate surface area is 246 Å². The fraction of sp³-hybridized carbons (Fsp3) is 0.382. The molecular formula is C34H38N4O4. The monoisotopic (exact) mass is 566 g/mol. The predicted molar refractivity (Wildman–Crippen MR) is 160 cm³/mol. The SMILES string of the molecule is COc1ccc(C(C)(C)[C@H]2[C@H](CCn3cc([C@H](O)c4ccccc4)nn3)O[C@@]3(C(=O)N(C)c4ccccc43)[C@@H]2C)cc1. The third-order valence-corrected chi connectivity index (χ3v) is 9.47. The maximum Gasteiger partial charge on any atom is 0.264 e. The highest BCUT2D eigenvalue weighted by atomic mass is 16.5. The van der Waals surface area contributed by atoms with E-state index in [0.717, 1.165) is 28.1 Å². The van der Waals surface area contributed by atoms with E-state index >= 15 is 0 Å². The molecule has 8 nitrogen and oxygen atoms in total. The summed E-state index contributed by atoms with van der Waals surface area (Å²) in [4.78, 5) is 15.8. The van der Waals surface area contributed by atoms with Gasteiger partial charge in [-0.05, 0) is 41.2 Å². The minimum absolute atomic E-state index is 0.00676. The molecule has 218 valence electrons. The number of likely N-dealkylation sites (N-methyl/N-ethyl adjacent to an activating group) is 1. The Morgan fingerprint density at radius 3 is 2.45 bits per heavy atom. The number of hydrogen-bond donors (Lipinski definition) is 1. The summed E-state index contributed by atoms with van der Waals surface area (Å²) in [6.07, 6.45) is 1.32. The van der Waals surface area contributed by atoms with Crippen LogP contribution in [0.2, 0.25) is 0 Å². The van der Waals surface area contributed by atoms with Crippen LogP contribution in [0.25, 0.3) is 0 Å². The summed E-state index contributed by atoms with van der Waals surface area (Å²) < 4.78 is 14.2. The van der Waals surface area contributed by atoms with Gasteiger partial charge in [-0.2, -0.15) is 0 Å². The summed E-state index contributed by atoms with van der Waals surface area (Å²) in [6, 6.07) is 25.6. The predicted octanol–water partition coefficient (Wildman–Crippen LogP) is 5.26. The van der Waals surface area contributed by atoms with E-state index in [0.29, 0.717) is 18.7 Å². The topological polar surface area (TPSA) is 89.7 Å². The number of methoxy groups -OCH3 is 1. The van der Waals surface area contributed by atoms with Crippen molar-refractivity contribution in [2.45, 2.75) is 57.0 Å². The lowest BCUT2D eigenvalue weighted by Crippen LogP contribution is -2.45. The second-order valence-corrected chi connectivity index (χ2v) is 12.0. The summed E-state index contributed by atoms with van der Waals surface area (Å²) >= 11 is 0. The number of ether oxygens (including phenoxy) is 2. The van der Waals surface area contributed by atoms with Crippen molar-refractivity contribution in [3.8, 4) is 5.75 Å². The van der Waals surface area contributed by atoms with Gasteiger partial charge in [0.05, 0.1) is 25.1 Å². The Morgan fingerprint density at radius 1 is 1.05 bits per heavy atom. The molecular weight excluding hydrogens is 528 g/mol. The molecule has 0 unspecified atom stereocenters. The Balaban J connectivity index is 1.33. The molecule has 0 saturated carbocycles. The smallest absolute Gasteiger partial charge is 0.264 e. The van der Waals surface area contributed by atoms with Gasteiger partial charge in [0.25, 0.3) is 5.91 Å². The molecule has 1 N–H and O–H groups in total. The Hall–Kier alpha value is -4.01. The van der Waals surface area contributed by atoms with Gasteiger partial charge in [-0.25, -0.2) is 0 Å². The van der Waals surface area contributed by atoms with E-state index in [1.54, 1.807) is 22.9 Å². The van der Waals surface area contributed by atoms with Crippen LogP contribution < -0.4 is 9.64 Å². The zero-order valence-electron chi connectivity index (χ0n) is 24.8. The van der Waals surface area contributed by atoms with Gasteiger partial charge in [0.15, 0.2) is 5.60 Å². The van der Waals surface area contributed by atoms with Gasteiger partial charge in [0.1, 0.15) is 17.5 Å². The van der Waals surface area contributed by atoms with Crippen LogP contribution in [0.15, 0.2) is 85.1 Å². The third-order valence-electron chi connectivity index (χ3n) is 9.47. The van der Waals surface area contributed by atoms with Gasteiger partial charge in [0, 0.05) is 31.0 Å². The molecule has 2 aliphatic heterocycles. The number of rotatable bonds is 8. The normalized spacial score (nSPS) is 24.3. The van der Waals surface area contributed by atoms with Crippen molar-refractivity contribution < 1.29 is 19.4 Å². The van der Waals surface area contributed by atoms with E-state index in [-0.39, 0.29) is 29.3 Å². The number of aromatic nitrogens is 3. The number of para-hydroxylation sites is 1. The molecule has 3 aromatic carbocycles. The highest BCUT2D eigenvalue weighted by Gasteiger charge is 2.65. The number of anilines is 1. The number of fused-ring (bicyclic) bond motifs is 2. The van der Waals surface area contributed by atoms with Gasteiger partial charge in [-0.3, -0.25) is 9.48 Å². The molecule has 1 spiro atoms. The highest BCUT2D eigenvalue weighted by Crippen LogP contribution is 2.59. The van der Waals surface area contributed by atoms with Crippen LogP contribution in [0.3, 0.4) is 0 Å². The average Bonchev–Trinajstić information content (AvgIpc) is 3.67. The zero-order valence-corrected chi connectivity index (χ0v) is 24.8. The van der Waals surface area contributed by atoms with E-state index < -0.39 is 11.7 Å². The van der Waals surface area contributed by atoms with Crippen LogP contribution in [-0.4, -0.2) is 46.3 Å². The third kappa shape index (κ3) is 4.41. The van der Waals surface area contributed by atoms with Gasteiger partial charge < -0.3 is 19.5 Å². The number of benzene rings is 3. The highest BCUT2D eigenvalue weighted by molar-refractivity contribution is 6.07. The summed E-state index contributed by atoms with van der Waals surface area (Å²) in [5.41, 5.74) is 2.85. The first-order valence-electron chi connectivity index (χ1n) is 14.5. The van der Waals surface area contributed by atoms with E-state index in [4.69, 9.17) is 9.47 Å². The van der Waals surface area contributed by atoms with Gasteiger partial charge in [0.2, 0.25) is 0 Å². The average molecular weight is 567 g/mol. The largest absolute Gasteiger partial charge is 0.497 e. The molecule has 4 aromatic rings. The van der Waals surface area contributed by atoms with Crippen molar-refractivity contribution in [2.24, 2.45) is 11.8 Å². The van der Waals surface area contributed by atoms with Crippen molar-refractivity contribution in [1.29, 1.82) is 0 Å². The number of aliphatic hydroxyl groups excluding tert-OH is 1. The molecule has 6 rings (SSSR count). The maximum absolute atomic E-state index is 14.1. The zero-order chi connectivity index (χ0) is 29.6. The Morgan fingerprint density at radius 2 is 1.74 bits per heavy atom. The molecule has 0 aliphatic carbocycles. The van der Waals surface area contributed by atoms with Crippen molar-refractivity contribution in [3.05, 3.63) is 107 Å². The molecule has 1 saturated heterocycles. The number of amides is 1. The van der Waals surface area contributed by atoms with Gasteiger partial charge in [-0.15, -0.1) is 5.10 Å². The van der Waals surface area contributed by atoms with Gasteiger partial charge >= 0.3 is 0 Å². The summed E-state index contributed by atoms with van der Waals surface area (Å²) in [6.45, 7) is 7.17. The van der Waals surface area contributed by atoms with Crippen LogP contribution in [0, 0.1) is 11.8 Å². The summed E-state index contributed by atoms with van der Waals surface area (Å²) in [5.74, 6) is 0.680. The quantitative estimate of drug-likeness (QED) is 0.313. The van der Waals surface area contributed by atoms with Crippen LogP contribution in [0.5, 0.6) is 5.75 Å².